The molecule has 1 amide bonds. The molecule has 1 rings (SSSR count). The Labute approximate surface area is 108 Å². The molecule has 3 N–H and O–H groups in total. The second-order valence-corrected chi connectivity index (χ2v) is 4.54. The number of unbranched alkanes of at least 4 members (excludes halogenated alkanes) is 1. The summed E-state index contributed by atoms with van der Waals surface area (Å²) in [7, 11) is 0. The van der Waals surface area contributed by atoms with Gasteiger partial charge < -0.3 is 11.1 Å². The van der Waals surface area contributed by atoms with Gasteiger partial charge in [-0.05, 0) is 31.0 Å². The van der Waals surface area contributed by atoms with Gasteiger partial charge in [0.05, 0.1) is 0 Å². The first-order valence-corrected chi connectivity index (χ1v) is 6.37. The third kappa shape index (κ3) is 3.45. The summed E-state index contributed by atoms with van der Waals surface area (Å²) in [6.45, 7) is 3.97. The number of rotatable bonds is 7. The Morgan fingerprint density at radius 3 is 2.67 bits per heavy atom. The smallest absolute Gasteiger partial charge is 0.243 e. The lowest BCUT2D eigenvalue weighted by atomic mass is 9.88. The molecule has 0 radical (unpaired) electrons. The van der Waals surface area contributed by atoms with Gasteiger partial charge in [0.2, 0.25) is 5.91 Å². The number of hydrogen-bond donors (Lipinski definition) is 2. The van der Waals surface area contributed by atoms with Gasteiger partial charge in [0, 0.05) is 5.69 Å². The maximum absolute atomic E-state index is 13.1. The van der Waals surface area contributed by atoms with Crippen molar-refractivity contribution in [3.8, 4) is 0 Å². The highest BCUT2D eigenvalue weighted by Gasteiger charge is 2.33. The van der Waals surface area contributed by atoms with E-state index in [4.69, 9.17) is 5.73 Å². The first-order valence-electron chi connectivity index (χ1n) is 6.37. The minimum Gasteiger partial charge on any atom is -0.371 e. The molecule has 0 aliphatic rings. The number of amides is 1. The first kappa shape index (κ1) is 14.5. The van der Waals surface area contributed by atoms with Crippen molar-refractivity contribution in [3.63, 3.8) is 0 Å². The van der Waals surface area contributed by atoms with Crippen LogP contribution in [0.15, 0.2) is 24.3 Å². The molecular formula is C14H21FN2O. The van der Waals surface area contributed by atoms with Crippen molar-refractivity contribution >= 4 is 11.6 Å². The molecule has 1 atom stereocenters. The Balaban J connectivity index is 2.93. The van der Waals surface area contributed by atoms with Crippen molar-refractivity contribution in [2.75, 3.05) is 5.32 Å². The van der Waals surface area contributed by atoms with Gasteiger partial charge in [0.15, 0.2) is 0 Å². The second kappa shape index (κ2) is 6.38. The molecule has 0 saturated carbocycles. The number of halogens is 1. The van der Waals surface area contributed by atoms with Crippen molar-refractivity contribution in [1.82, 2.24) is 0 Å². The van der Waals surface area contributed by atoms with Gasteiger partial charge in [-0.15, -0.1) is 0 Å². The summed E-state index contributed by atoms with van der Waals surface area (Å²) in [6, 6.07) is 6.09. The van der Waals surface area contributed by atoms with Crippen LogP contribution in [0.1, 0.15) is 39.5 Å². The molecular weight excluding hydrogens is 231 g/mol. The van der Waals surface area contributed by atoms with Gasteiger partial charge in [-0.3, -0.25) is 4.79 Å². The predicted molar refractivity (Wildman–Crippen MR) is 71.8 cm³/mol. The molecule has 1 unspecified atom stereocenters. The molecule has 100 valence electrons. The largest absolute Gasteiger partial charge is 0.371 e. The maximum Gasteiger partial charge on any atom is 0.243 e. The van der Waals surface area contributed by atoms with Gasteiger partial charge in [-0.2, -0.15) is 0 Å². The zero-order valence-electron chi connectivity index (χ0n) is 11.0. The molecule has 0 saturated heterocycles. The quantitative estimate of drug-likeness (QED) is 0.783. The van der Waals surface area contributed by atoms with E-state index in [0.29, 0.717) is 18.5 Å². The Hall–Kier alpha value is -1.58. The monoisotopic (exact) mass is 252 g/mol. The summed E-state index contributed by atoms with van der Waals surface area (Å²) in [5.41, 5.74) is 5.32. The highest BCUT2D eigenvalue weighted by Crippen LogP contribution is 2.24. The molecule has 0 heterocycles. The lowest BCUT2D eigenvalue weighted by Gasteiger charge is -2.31. The molecule has 0 aromatic heterocycles. The van der Waals surface area contributed by atoms with Crippen molar-refractivity contribution in [1.29, 1.82) is 0 Å². The van der Waals surface area contributed by atoms with Crippen molar-refractivity contribution in [2.24, 2.45) is 5.73 Å². The third-order valence-corrected chi connectivity index (χ3v) is 3.24. The van der Waals surface area contributed by atoms with Crippen LogP contribution < -0.4 is 11.1 Å². The fourth-order valence-corrected chi connectivity index (χ4v) is 2.01. The lowest BCUT2D eigenvalue weighted by molar-refractivity contribution is -0.122. The van der Waals surface area contributed by atoms with Crippen LogP contribution in [0.2, 0.25) is 0 Å². The van der Waals surface area contributed by atoms with E-state index < -0.39 is 5.54 Å². The minimum atomic E-state index is -0.788. The normalized spacial score (nSPS) is 13.9. The zero-order chi connectivity index (χ0) is 13.6. The molecule has 18 heavy (non-hydrogen) atoms. The summed E-state index contributed by atoms with van der Waals surface area (Å²) in [6.07, 6.45) is 3.13. The summed E-state index contributed by atoms with van der Waals surface area (Å²) in [5, 5.41) is 3.10. The Bertz CT molecular complexity index is 409. The Morgan fingerprint density at radius 1 is 1.44 bits per heavy atom. The molecule has 1 aromatic rings. The van der Waals surface area contributed by atoms with Crippen LogP contribution in [-0.2, 0) is 4.79 Å². The average Bonchev–Trinajstić information content (AvgIpc) is 2.34. The molecule has 0 fully saturated rings. The predicted octanol–water partition coefficient (Wildman–Crippen LogP) is 3.06. The molecule has 0 bridgehead atoms. The SMILES string of the molecule is CCCCC(CC)(Nc1cccc(F)c1)C(N)=O. The van der Waals surface area contributed by atoms with Crippen LogP contribution in [0.3, 0.4) is 0 Å². The Morgan fingerprint density at radius 2 is 2.17 bits per heavy atom. The standard InChI is InChI=1S/C14H21FN2O/c1-3-5-9-14(4-2,13(16)18)17-12-8-6-7-11(15)10-12/h6-8,10,17H,3-5,9H2,1-2H3,(H2,16,18). The van der Waals surface area contributed by atoms with E-state index in [-0.39, 0.29) is 11.7 Å². The van der Waals surface area contributed by atoms with Gasteiger partial charge in [0.25, 0.3) is 0 Å². The average molecular weight is 252 g/mol. The van der Waals surface area contributed by atoms with Crippen molar-refractivity contribution < 1.29 is 9.18 Å². The topological polar surface area (TPSA) is 55.1 Å². The minimum absolute atomic E-state index is 0.329. The highest BCUT2D eigenvalue weighted by atomic mass is 19.1. The Kier molecular flexibility index (Phi) is 5.13. The van der Waals surface area contributed by atoms with Crippen LogP contribution in [0, 0.1) is 5.82 Å². The van der Waals surface area contributed by atoms with Crippen molar-refractivity contribution in [2.45, 2.75) is 45.1 Å². The summed E-state index contributed by atoms with van der Waals surface area (Å²) in [5.74, 6) is -0.715. The summed E-state index contributed by atoms with van der Waals surface area (Å²) >= 11 is 0. The second-order valence-electron chi connectivity index (χ2n) is 4.54. The van der Waals surface area contributed by atoms with Crippen LogP contribution in [0.25, 0.3) is 0 Å². The lowest BCUT2D eigenvalue weighted by Crippen LogP contribution is -2.50. The number of primary amides is 1. The van der Waals surface area contributed by atoms with Crippen molar-refractivity contribution in [3.05, 3.63) is 30.1 Å². The number of benzene rings is 1. The van der Waals surface area contributed by atoms with E-state index in [1.54, 1.807) is 12.1 Å². The first-order chi connectivity index (χ1) is 8.54. The van der Waals surface area contributed by atoms with Crippen LogP contribution in [0.4, 0.5) is 10.1 Å². The molecule has 4 heteroatoms. The number of anilines is 1. The van der Waals surface area contributed by atoms with E-state index in [0.717, 1.165) is 12.8 Å². The molecule has 0 spiro atoms. The van der Waals surface area contributed by atoms with E-state index in [2.05, 4.69) is 12.2 Å². The molecule has 3 nitrogen and oxygen atoms in total. The van der Waals surface area contributed by atoms with Gasteiger partial charge in [-0.1, -0.05) is 32.8 Å². The fraction of sp³-hybridized carbons (Fsp3) is 0.500. The van der Waals surface area contributed by atoms with Crippen LogP contribution in [0.5, 0.6) is 0 Å². The van der Waals surface area contributed by atoms with Gasteiger partial charge in [0.1, 0.15) is 11.4 Å². The van der Waals surface area contributed by atoms with E-state index in [1.807, 2.05) is 6.92 Å². The van der Waals surface area contributed by atoms with Crippen LogP contribution in [-0.4, -0.2) is 11.4 Å². The van der Waals surface area contributed by atoms with E-state index in [1.165, 1.54) is 12.1 Å². The van der Waals surface area contributed by atoms with Crippen LogP contribution >= 0.6 is 0 Å². The third-order valence-electron chi connectivity index (χ3n) is 3.24. The molecule has 0 aliphatic heterocycles. The van der Waals surface area contributed by atoms with E-state index in [9.17, 15) is 9.18 Å². The number of nitrogens with two attached hydrogens (primary N) is 1. The number of hydrogen-bond acceptors (Lipinski definition) is 2. The molecule has 1 aromatic carbocycles. The highest BCUT2D eigenvalue weighted by molar-refractivity contribution is 5.87. The fourth-order valence-electron chi connectivity index (χ4n) is 2.01. The zero-order valence-corrected chi connectivity index (χ0v) is 11.0. The molecule has 0 aliphatic carbocycles. The van der Waals surface area contributed by atoms with E-state index >= 15 is 0 Å². The van der Waals surface area contributed by atoms with Gasteiger partial charge >= 0.3 is 0 Å². The summed E-state index contributed by atoms with van der Waals surface area (Å²) in [4.78, 5) is 11.7. The summed E-state index contributed by atoms with van der Waals surface area (Å²) < 4.78 is 13.1. The number of nitrogens with one attached hydrogen (secondary N) is 1. The van der Waals surface area contributed by atoms with Gasteiger partial charge in [-0.25, -0.2) is 4.39 Å². The number of carbonyl (C=O) groups excluding carboxylic acids is 1. The maximum atomic E-state index is 13.1. The number of carbonyl (C=O) groups is 1.